The van der Waals surface area contributed by atoms with Crippen molar-refractivity contribution in [1.82, 2.24) is 0 Å². The summed E-state index contributed by atoms with van der Waals surface area (Å²) in [5.41, 5.74) is 0.725. The highest BCUT2D eigenvalue weighted by atomic mass is 32.2. The average molecular weight is 355 g/mol. The van der Waals surface area contributed by atoms with Gasteiger partial charge in [-0.05, 0) is 48.2 Å². The van der Waals surface area contributed by atoms with Crippen molar-refractivity contribution in [3.05, 3.63) is 54.1 Å². The van der Waals surface area contributed by atoms with E-state index in [1.54, 1.807) is 36.4 Å². The number of ether oxygens (including phenoxy) is 1. The average Bonchev–Trinajstić information content (AvgIpc) is 2.63. The summed E-state index contributed by atoms with van der Waals surface area (Å²) < 4.78 is 4.63. The molecule has 126 valence electrons. The minimum Gasteiger partial charge on any atom is -0.465 e. The summed E-state index contributed by atoms with van der Waals surface area (Å²) in [6.45, 7) is 0. The van der Waals surface area contributed by atoms with E-state index in [1.807, 2.05) is 5.40 Å². The zero-order chi connectivity index (χ0) is 18.2. The summed E-state index contributed by atoms with van der Waals surface area (Å²) in [7, 11) is 1.22. The van der Waals surface area contributed by atoms with Crippen LogP contribution < -0.4 is 10.6 Å². The number of thioether (sulfide) groups is 1. The van der Waals surface area contributed by atoms with Crippen molar-refractivity contribution in [1.29, 1.82) is 5.26 Å². The van der Waals surface area contributed by atoms with E-state index in [0.29, 0.717) is 5.69 Å². The molecule has 0 atom stereocenters. The molecular formula is C17H13N3O4S. The van der Waals surface area contributed by atoms with Crippen molar-refractivity contribution in [3.63, 3.8) is 0 Å². The number of para-hydroxylation sites is 1. The first-order valence-corrected chi connectivity index (χ1v) is 7.82. The number of rotatable bonds is 4. The molecule has 0 aliphatic heterocycles. The lowest BCUT2D eigenvalue weighted by Gasteiger charge is -2.10. The molecule has 8 heteroatoms. The van der Waals surface area contributed by atoms with Gasteiger partial charge < -0.3 is 15.4 Å². The third-order valence-corrected chi connectivity index (χ3v) is 3.66. The number of amides is 2. The Morgan fingerprint density at radius 3 is 2.28 bits per heavy atom. The summed E-state index contributed by atoms with van der Waals surface area (Å²) in [4.78, 5) is 36.4. The fourth-order valence-electron chi connectivity index (χ4n) is 1.91. The van der Waals surface area contributed by atoms with E-state index < -0.39 is 17.8 Å². The number of nitrogens with zero attached hydrogens (tertiary/aromatic N) is 1. The standard InChI is InChI=1S/C17H13N3O4S/c1-24-17(23)13-4-2-3-5-14(13)20-16(22)15(21)19-11-6-8-12(9-7-11)25-10-18/h2-9H,1H3,(H,19,21)(H,20,22). The van der Waals surface area contributed by atoms with Gasteiger partial charge in [0.2, 0.25) is 0 Å². The summed E-state index contributed by atoms with van der Waals surface area (Å²) in [6, 6.07) is 12.6. The number of benzene rings is 2. The summed E-state index contributed by atoms with van der Waals surface area (Å²) in [6.07, 6.45) is 0. The molecule has 0 saturated carbocycles. The van der Waals surface area contributed by atoms with Gasteiger partial charge in [0.15, 0.2) is 0 Å². The molecule has 0 bridgehead atoms. The summed E-state index contributed by atoms with van der Waals surface area (Å²) >= 11 is 0.987. The fraction of sp³-hybridized carbons (Fsp3) is 0.0588. The quantitative estimate of drug-likeness (QED) is 0.378. The number of anilines is 2. The van der Waals surface area contributed by atoms with E-state index in [9.17, 15) is 14.4 Å². The van der Waals surface area contributed by atoms with Crippen LogP contribution in [-0.2, 0) is 14.3 Å². The third kappa shape index (κ3) is 4.83. The largest absolute Gasteiger partial charge is 0.465 e. The van der Waals surface area contributed by atoms with Gasteiger partial charge in [-0.3, -0.25) is 9.59 Å². The van der Waals surface area contributed by atoms with Crippen LogP contribution >= 0.6 is 11.8 Å². The van der Waals surface area contributed by atoms with Gasteiger partial charge in [-0.25, -0.2) is 4.79 Å². The Morgan fingerprint density at radius 2 is 1.64 bits per heavy atom. The number of hydrogen-bond acceptors (Lipinski definition) is 6. The first-order valence-electron chi connectivity index (χ1n) is 7.01. The highest BCUT2D eigenvalue weighted by Gasteiger charge is 2.18. The van der Waals surface area contributed by atoms with Gasteiger partial charge in [0.05, 0.1) is 18.4 Å². The Bertz CT molecular complexity index is 844. The van der Waals surface area contributed by atoms with E-state index in [2.05, 4.69) is 15.4 Å². The van der Waals surface area contributed by atoms with Gasteiger partial charge in [0.1, 0.15) is 5.40 Å². The SMILES string of the molecule is COC(=O)c1ccccc1NC(=O)C(=O)Nc1ccc(SC#N)cc1. The molecule has 2 amide bonds. The minimum atomic E-state index is -0.924. The number of carbonyl (C=O) groups excluding carboxylic acids is 3. The molecule has 25 heavy (non-hydrogen) atoms. The lowest BCUT2D eigenvalue weighted by molar-refractivity contribution is -0.133. The first kappa shape index (κ1) is 18.0. The van der Waals surface area contributed by atoms with Crippen LogP contribution in [0.2, 0.25) is 0 Å². The van der Waals surface area contributed by atoms with Gasteiger partial charge in [0, 0.05) is 10.6 Å². The normalized spacial score (nSPS) is 9.60. The van der Waals surface area contributed by atoms with E-state index in [1.165, 1.54) is 19.2 Å². The van der Waals surface area contributed by atoms with Crippen LogP contribution in [-0.4, -0.2) is 24.9 Å². The second-order valence-electron chi connectivity index (χ2n) is 4.66. The van der Waals surface area contributed by atoms with Crippen molar-refractivity contribution in [2.75, 3.05) is 17.7 Å². The maximum absolute atomic E-state index is 12.0. The molecule has 0 aliphatic rings. The van der Waals surface area contributed by atoms with Gasteiger partial charge >= 0.3 is 17.8 Å². The maximum Gasteiger partial charge on any atom is 0.339 e. The molecule has 2 N–H and O–H groups in total. The topological polar surface area (TPSA) is 108 Å². The molecule has 0 unspecified atom stereocenters. The van der Waals surface area contributed by atoms with Crippen molar-refractivity contribution in [2.45, 2.75) is 4.90 Å². The van der Waals surface area contributed by atoms with Crippen LogP contribution in [0.1, 0.15) is 10.4 Å². The first-order chi connectivity index (χ1) is 12.0. The predicted octanol–water partition coefficient (Wildman–Crippen LogP) is 2.62. The van der Waals surface area contributed by atoms with Crippen LogP contribution in [0.4, 0.5) is 11.4 Å². The number of nitriles is 1. The monoisotopic (exact) mass is 355 g/mol. The van der Waals surface area contributed by atoms with Crippen LogP contribution in [0.3, 0.4) is 0 Å². The highest BCUT2D eigenvalue weighted by Crippen LogP contribution is 2.19. The Labute approximate surface area is 148 Å². The molecule has 0 fully saturated rings. The molecule has 0 radical (unpaired) electrons. The Hall–Kier alpha value is -3.31. The van der Waals surface area contributed by atoms with Crippen LogP contribution in [0.15, 0.2) is 53.4 Å². The molecule has 7 nitrogen and oxygen atoms in total. The molecule has 0 saturated heterocycles. The van der Waals surface area contributed by atoms with Gasteiger partial charge in [-0.15, -0.1) is 0 Å². The number of nitrogens with one attached hydrogen (secondary N) is 2. The van der Waals surface area contributed by atoms with Crippen LogP contribution in [0.5, 0.6) is 0 Å². The minimum absolute atomic E-state index is 0.143. The smallest absolute Gasteiger partial charge is 0.339 e. The molecule has 2 rings (SSSR count). The molecule has 0 heterocycles. The second kappa shape index (κ2) is 8.52. The van der Waals surface area contributed by atoms with Crippen LogP contribution in [0.25, 0.3) is 0 Å². The number of esters is 1. The number of thiocyanates is 1. The molecular weight excluding hydrogens is 342 g/mol. The Balaban J connectivity index is 2.05. The van der Waals surface area contributed by atoms with Crippen LogP contribution in [0, 0.1) is 10.7 Å². The lowest BCUT2D eigenvalue weighted by Crippen LogP contribution is -2.29. The summed E-state index contributed by atoms with van der Waals surface area (Å²) in [5.74, 6) is -2.44. The molecule has 0 aromatic heterocycles. The van der Waals surface area contributed by atoms with E-state index in [4.69, 9.17) is 5.26 Å². The third-order valence-electron chi connectivity index (χ3n) is 3.06. The van der Waals surface area contributed by atoms with Gasteiger partial charge in [0.25, 0.3) is 0 Å². The maximum atomic E-state index is 12.0. The predicted molar refractivity (Wildman–Crippen MR) is 93.0 cm³/mol. The Morgan fingerprint density at radius 1 is 1.00 bits per heavy atom. The van der Waals surface area contributed by atoms with E-state index in [0.717, 1.165) is 16.7 Å². The number of hydrogen-bond donors (Lipinski definition) is 2. The Kier molecular flexibility index (Phi) is 6.14. The number of carbonyl (C=O) groups is 3. The summed E-state index contributed by atoms with van der Waals surface area (Å²) in [5, 5.41) is 15.3. The second-order valence-corrected chi connectivity index (χ2v) is 5.52. The van der Waals surface area contributed by atoms with Crippen molar-refractivity contribution < 1.29 is 19.1 Å². The molecule has 0 spiro atoms. The van der Waals surface area contributed by atoms with E-state index >= 15 is 0 Å². The zero-order valence-electron chi connectivity index (χ0n) is 13.1. The molecule has 2 aromatic carbocycles. The highest BCUT2D eigenvalue weighted by molar-refractivity contribution is 8.03. The lowest BCUT2D eigenvalue weighted by atomic mass is 10.2. The van der Waals surface area contributed by atoms with Crippen molar-refractivity contribution >= 4 is 40.9 Å². The van der Waals surface area contributed by atoms with Gasteiger partial charge in [-0.2, -0.15) is 5.26 Å². The molecule has 0 aliphatic carbocycles. The molecule has 2 aromatic rings. The van der Waals surface area contributed by atoms with Crippen molar-refractivity contribution in [3.8, 4) is 5.40 Å². The number of methoxy groups -OCH3 is 1. The fourth-order valence-corrected chi connectivity index (χ4v) is 2.28. The van der Waals surface area contributed by atoms with E-state index in [-0.39, 0.29) is 11.3 Å². The van der Waals surface area contributed by atoms with Crippen molar-refractivity contribution in [2.24, 2.45) is 0 Å². The zero-order valence-corrected chi connectivity index (χ0v) is 13.9. The van der Waals surface area contributed by atoms with Gasteiger partial charge in [-0.1, -0.05) is 12.1 Å².